The number of hydroxylamine groups is 1. The fourth-order valence-electron chi connectivity index (χ4n) is 1.90. The van der Waals surface area contributed by atoms with Gasteiger partial charge in [-0.05, 0) is 39.3 Å². The highest BCUT2D eigenvalue weighted by Crippen LogP contribution is 2.18. The molecule has 2 atom stereocenters. The van der Waals surface area contributed by atoms with Crippen LogP contribution in [0, 0.1) is 5.92 Å². The SMILES string of the molecule is CONC(C)C1CCCN(C)C1. The summed E-state index contributed by atoms with van der Waals surface area (Å²) in [5.74, 6) is 0.740. The Morgan fingerprint density at radius 3 is 2.92 bits per heavy atom. The summed E-state index contributed by atoms with van der Waals surface area (Å²) >= 11 is 0. The minimum atomic E-state index is 0.470. The molecule has 0 aliphatic carbocycles. The summed E-state index contributed by atoms with van der Waals surface area (Å²) in [6.45, 7) is 4.63. The van der Waals surface area contributed by atoms with Crippen LogP contribution in [0.25, 0.3) is 0 Å². The molecule has 3 heteroatoms. The lowest BCUT2D eigenvalue weighted by Gasteiger charge is -2.33. The zero-order valence-corrected chi connectivity index (χ0v) is 8.34. The van der Waals surface area contributed by atoms with Gasteiger partial charge in [-0.3, -0.25) is 0 Å². The van der Waals surface area contributed by atoms with Crippen LogP contribution in [0.5, 0.6) is 0 Å². The van der Waals surface area contributed by atoms with Gasteiger partial charge in [0.05, 0.1) is 7.11 Å². The molecule has 0 amide bonds. The van der Waals surface area contributed by atoms with Crippen LogP contribution < -0.4 is 5.48 Å². The van der Waals surface area contributed by atoms with Gasteiger partial charge in [-0.1, -0.05) is 0 Å². The standard InChI is InChI=1S/C9H20N2O/c1-8(10-12-3)9-5-4-6-11(2)7-9/h8-10H,4-7H2,1-3H3. The molecule has 0 aromatic rings. The molecule has 0 aromatic carbocycles. The maximum absolute atomic E-state index is 4.92. The Kier molecular flexibility index (Phi) is 3.98. The molecule has 12 heavy (non-hydrogen) atoms. The van der Waals surface area contributed by atoms with Crippen LogP contribution in [0.3, 0.4) is 0 Å². The summed E-state index contributed by atoms with van der Waals surface area (Å²) in [4.78, 5) is 7.31. The second-order valence-corrected chi connectivity index (χ2v) is 3.78. The lowest BCUT2D eigenvalue weighted by Crippen LogP contribution is -2.42. The highest BCUT2D eigenvalue weighted by molar-refractivity contribution is 4.76. The predicted molar refractivity (Wildman–Crippen MR) is 49.8 cm³/mol. The zero-order chi connectivity index (χ0) is 8.97. The monoisotopic (exact) mass is 172 g/mol. The molecule has 1 fully saturated rings. The summed E-state index contributed by atoms with van der Waals surface area (Å²) in [6, 6.07) is 0.470. The molecule has 1 aliphatic heterocycles. The highest BCUT2D eigenvalue weighted by Gasteiger charge is 2.22. The van der Waals surface area contributed by atoms with Crippen molar-refractivity contribution in [1.29, 1.82) is 0 Å². The number of hydrogen-bond acceptors (Lipinski definition) is 3. The summed E-state index contributed by atoms with van der Waals surface area (Å²) in [6.07, 6.45) is 2.64. The van der Waals surface area contributed by atoms with E-state index in [1.807, 2.05) is 0 Å². The van der Waals surface area contributed by atoms with Gasteiger partial charge in [0.25, 0.3) is 0 Å². The second kappa shape index (κ2) is 4.80. The average Bonchev–Trinajstić information content (AvgIpc) is 2.05. The third kappa shape index (κ3) is 2.73. The summed E-state index contributed by atoms with van der Waals surface area (Å²) in [5.41, 5.74) is 3.01. The second-order valence-electron chi connectivity index (χ2n) is 3.78. The molecular formula is C9H20N2O. The van der Waals surface area contributed by atoms with Gasteiger partial charge in [0, 0.05) is 12.6 Å². The summed E-state index contributed by atoms with van der Waals surface area (Å²) in [7, 11) is 3.87. The van der Waals surface area contributed by atoms with Gasteiger partial charge in [0.15, 0.2) is 0 Å². The molecule has 2 unspecified atom stereocenters. The lowest BCUT2D eigenvalue weighted by molar-refractivity contribution is 0.0324. The van der Waals surface area contributed by atoms with E-state index in [4.69, 9.17) is 4.84 Å². The Hall–Kier alpha value is -0.120. The van der Waals surface area contributed by atoms with E-state index in [0.717, 1.165) is 5.92 Å². The van der Waals surface area contributed by atoms with Gasteiger partial charge >= 0.3 is 0 Å². The number of hydrogen-bond donors (Lipinski definition) is 1. The van der Waals surface area contributed by atoms with E-state index in [-0.39, 0.29) is 0 Å². The minimum Gasteiger partial charge on any atom is -0.306 e. The Balaban J connectivity index is 2.29. The molecule has 1 rings (SSSR count). The molecule has 72 valence electrons. The van der Waals surface area contributed by atoms with Crippen molar-refractivity contribution in [2.45, 2.75) is 25.8 Å². The van der Waals surface area contributed by atoms with Crippen LogP contribution in [0.15, 0.2) is 0 Å². The van der Waals surface area contributed by atoms with Crippen molar-refractivity contribution in [2.24, 2.45) is 5.92 Å². The van der Waals surface area contributed by atoms with Crippen LogP contribution in [0.4, 0.5) is 0 Å². The third-order valence-electron chi connectivity index (χ3n) is 2.67. The largest absolute Gasteiger partial charge is 0.306 e. The summed E-state index contributed by atoms with van der Waals surface area (Å²) in [5, 5.41) is 0. The quantitative estimate of drug-likeness (QED) is 0.639. The molecule has 1 heterocycles. The first kappa shape index (κ1) is 9.96. The van der Waals surface area contributed by atoms with Crippen molar-refractivity contribution >= 4 is 0 Å². The average molecular weight is 172 g/mol. The Morgan fingerprint density at radius 2 is 2.33 bits per heavy atom. The van der Waals surface area contributed by atoms with E-state index in [2.05, 4.69) is 24.4 Å². The topological polar surface area (TPSA) is 24.5 Å². The van der Waals surface area contributed by atoms with Crippen LogP contribution in [0.1, 0.15) is 19.8 Å². The van der Waals surface area contributed by atoms with Crippen LogP contribution >= 0.6 is 0 Å². The van der Waals surface area contributed by atoms with Gasteiger partial charge in [-0.2, -0.15) is 5.48 Å². The fraction of sp³-hybridized carbons (Fsp3) is 1.00. The first-order valence-corrected chi connectivity index (χ1v) is 4.71. The highest BCUT2D eigenvalue weighted by atomic mass is 16.6. The van der Waals surface area contributed by atoms with Crippen LogP contribution in [-0.4, -0.2) is 38.2 Å². The number of rotatable bonds is 3. The Bertz CT molecular complexity index is 130. The van der Waals surface area contributed by atoms with Gasteiger partial charge < -0.3 is 9.74 Å². The zero-order valence-electron chi connectivity index (χ0n) is 8.34. The molecular weight excluding hydrogens is 152 g/mol. The molecule has 0 bridgehead atoms. The van der Waals surface area contributed by atoms with Gasteiger partial charge in [0.1, 0.15) is 0 Å². The van der Waals surface area contributed by atoms with Crippen molar-refractivity contribution < 1.29 is 4.84 Å². The molecule has 0 saturated carbocycles. The first-order chi connectivity index (χ1) is 5.74. The van der Waals surface area contributed by atoms with E-state index in [1.165, 1.54) is 25.9 Å². The normalized spacial score (nSPS) is 28.8. The minimum absolute atomic E-state index is 0.470. The van der Waals surface area contributed by atoms with Gasteiger partial charge in [-0.15, -0.1) is 0 Å². The first-order valence-electron chi connectivity index (χ1n) is 4.71. The van der Waals surface area contributed by atoms with E-state index in [0.29, 0.717) is 6.04 Å². The fourth-order valence-corrected chi connectivity index (χ4v) is 1.90. The lowest BCUT2D eigenvalue weighted by atomic mass is 9.92. The smallest absolute Gasteiger partial charge is 0.0572 e. The van der Waals surface area contributed by atoms with Crippen molar-refractivity contribution in [2.75, 3.05) is 27.2 Å². The molecule has 0 aromatic heterocycles. The summed E-state index contributed by atoms with van der Waals surface area (Å²) < 4.78 is 0. The van der Waals surface area contributed by atoms with E-state index < -0.39 is 0 Å². The van der Waals surface area contributed by atoms with E-state index in [9.17, 15) is 0 Å². The maximum Gasteiger partial charge on any atom is 0.0572 e. The van der Waals surface area contributed by atoms with Gasteiger partial charge in [0.2, 0.25) is 0 Å². The number of piperidine rings is 1. The Labute approximate surface area is 75.0 Å². The maximum atomic E-state index is 4.92. The number of nitrogens with zero attached hydrogens (tertiary/aromatic N) is 1. The van der Waals surface area contributed by atoms with Crippen molar-refractivity contribution in [3.8, 4) is 0 Å². The number of nitrogens with one attached hydrogen (secondary N) is 1. The molecule has 0 spiro atoms. The third-order valence-corrected chi connectivity index (χ3v) is 2.67. The molecule has 1 N–H and O–H groups in total. The van der Waals surface area contributed by atoms with E-state index >= 15 is 0 Å². The van der Waals surface area contributed by atoms with Crippen molar-refractivity contribution in [3.05, 3.63) is 0 Å². The van der Waals surface area contributed by atoms with E-state index in [1.54, 1.807) is 7.11 Å². The Morgan fingerprint density at radius 1 is 1.58 bits per heavy atom. The molecule has 1 aliphatic rings. The van der Waals surface area contributed by atoms with Crippen molar-refractivity contribution in [1.82, 2.24) is 10.4 Å². The predicted octanol–water partition coefficient (Wildman–Crippen LogP) is 0.868. The molecule has 1 saturated heterocycles. The van der Waals surface area contributed by atoms with Crippen LogP contribution in [0.2, 0.25) is 0 Å². The number of likely N-dealkylation sites (tertiary alicyclic amines) is 1. The molecule has 3 nitrogen and oxygen atoms in total. The van der Waals surface area contributed by atoms with Gasteiger partial charge in [-0.25, -0.2) is 0 Å². The van der Waals surface area contributed by atoms with Crippen LogP contribution in [-0.2, 0) is 4.84 Å². The van der Waals surface area contributed by atoms with Crippen molar-refractivity contribution in [3.63, 3.8) is 0 Å². The molecule has 0 radical (unpaired) electrons.